The summed E-state index contributed by atoms with van der Waals surface area (Å²) in [5.74, 6) is 1.96. The van der Waals surface area contributed by atoms with Crippen molar-refractivity contribution in [1.29, 1.82) is 0 Å². The zero-order chi connectivity index (χ0) is 16.5. The number of hydrogen-bond acceptors (Lipinski definition) is 3. The van der Waals surface area contributed by atoms with Gasteiger partial charge in [0.1, 0.15) is 0 Å². The Hall–Kier alpha value is -0.120. The Labute approximate surface area is 145 Å². The molecule has 2 rings (SSSR count). The Bertz CT molecular complexity index is 289. The highest BCUT2D eigenvalue weighted by molar-refractivity contribution is 4.77. The number of hydrogen-bond donors (Lipinski definition) is 2. The first-order valence-corrected chi connectivity index (χ1v) is 10.4. The lowest BCUT2D eigenvalue weighted by atomic mass is 9.84. The molecule has 2 fully saturated rings. The summed E-state index contributed by atoms with van der Waals surface area (Å²) in [4.78, 5) is 2.63. The summed E-state index contributed by atoms with van der Waals surface area (Å²) in [6.45, 7) is 13.1. The fourth-order valence-electron chi connectivity index (χ4n) is 4.33. The molecular weight excluding hydrogens is 282 g/mol. The third-order valence-corrected chi connectivity index (χ3v) is 6.27. The average molecular weight is 324 g/mol. The molecule has 0 atom stereocenters. The van der Waals surface area contributed by atoms with Crippen LogP contribution in [0.1, 0.15) is 72.1 Å². The van der Waals surface area contributed by atoms with Gasteiger partial charge in [0.2, 0.25) is 0 Å². The molecule has 1 aliphatic heterocycles. The first-order valence-electron chi connectivity index (χ1n) is 10.4. The molecule has 0 aromatic heterocycles. The largest absolute Gasteiger partial charge is 0.315 e. The number of nitrogens with zero attached hydrogens (tertiary/aromatic N) is 1. The van der Waals surface area contributed by atoms with E-state index in [0.29, 0.717) is 0 Å². The van der Waals surface area contributed by atoms with Gasteiger partial charge in [-0.1, -0.05) is 13.3 Å². The molecule has 2 N–H and O–H groups in total. The summed E-state index contributed by atoms with van der Waals surface area (Å²) in [6, 6.07) is 1.52. The predicted molar refractivity (Wildman–Crippen MR) is 101 cm³/mol. The SMILES string of the molecule is CCC1CCC(NCCNCCC2CCN(C(C)C)CC2)CC1. The molecule has 0 aromatic rings. The molecule has 0 spiro atoms. The first-order chi connectivity index (χ1) is 11.2. The van der Waals surface area contributed by atoms with Crippen molar-refractivity contribution in [3.8, 4) is 0 Å². The zero-order valence-electron chi connectivity index (χ0n) is 15.9. The lowest BCUT2D eigenvalue weighted by Gasteiger charge is -2.34. The predicted octanol–water partition coefficient (Wildman–Crippen LogP) is 3.64. The minimum atomic E-state index is 0.729. The number of rotatable bonds is 9. The molecule has 1 aliphatic carbocycles. The summed E-state index contributed by atoms with van der Waals surface area (Å²) in [5, 5.41) is 7.40. The van der Waals surface area contributed by atoms with Gasteiger partial charge < -0.3 is 15.5 Å². The van der Waals surface area contributed by atoms with Crippen molar-refractivity contribution >= 4 is 0 Å². The second-order valence-corrected chi connectivity index (χ2v) is 8.19. The molecule has 0 bridgehead atoms. The van der Waals surface area contributed by atoms with Crippen molar-refractivity contribution in [3.63, 3.8) is 0 Å². The van der Waals surface area contributed by atoms with E-state index in [-0.39, 0.29) is 0 Å². The van der Waals surface area contributed by atoms with Crippen LogP contribution in [0.3, 0.4) is 0 Å². The quantitative estimate of drug-likeness (QED) is 0.634. The maximum atomic E-state index is 3.75. The van der Waals surface area contributed by atoms with Crippen LogP contribution in [-0.4, -0.2) is 49.7 Å². The third-order valence-electron chi connectivity index (χ3n) is 6.27. The molecule has 0 radical (unpaired) electrons. The van der Waals surface area contributed by atoms with Crippen LogP contribution in [0.15, 0.2) is 0 Å². The van der Waals surface area contributed by atoms with Gasteiger partial charge in [-0.3, -0.25) is 0 Å². The van der Waals surface area contributed by atoms with Gasteiger partial charge in [-0.15, -0.1) is 0 Å². The molecule has 3 nitrogen and oxygen atoms in total. The molecule has 136 valence electrons. The van der Waals surface area contributed by atoms with Crippen LogP contribution in [0, 0.1) is 11.8 Å². The summed E-state index contributed by atoms with van der Waals surface area (Å²) in [7, 11) is 0. The standard InChI is InChI=1S/C20H41N3/c1-4-18-5-7-20(8-6-18)22-14-13-21-12-9-19-10-15-23(16-11-19)17(2)3/h17-22H,4-16H2,1-3H3. The van der Waals surface area contributed by atoms with Crippen LogP contribution in [0.5, 0.6) is 0 Å². The van der Waals surface area contributed by atoms with Crippen LogP contribution in [0.4, 0.5) is 0 Å². The van der Waals surface area contributed by atoms with E-state index in [0.717, 1.165) is 37.0 Å². The molecule has 23 heavy (non-hydrogen) atoms. The normalized spacial score (nSPS) is 27.7. The Morgan fingerprint density at radius 3 is 2.17 bits per heavy atom. The third kappa shape index (κ3) is 7.11. The number of nitrogens with one attached hydrogen (secondary N) is 2. The monoisotopic (exact) mass is 323 g/mol. The molecular formula is C20H41N3. The molecule has 0 unspecified atom stereocenters. The van der Waals surface area contributed by atoms with Gasteiger partial charge in [0, 0.05) is 25.2 Å². The van der Waals surface area contributed by atoms with Crippen LogP contribution in [0.2, 0.25) is 0 Å². The highest BCUT2D eigenvalue weighted by Gasteiger charge is 2.20. The van der Waals surface area contributed by atoms with Gasteiger partial charge in [0.15, 0.2) is 0 Å². The molecule has 0 amide bonds. The van der Waals surface area contributed by atoms with Crippen molar-refractivity contribution in [2.24, 2.45) is 11.8 Å². The Balaban J connectivity index is 1.41. The molecule has 3 heteroatoms. The van der Waals surface area contributed by atoms with Gasteiger partial charge in [0.25, 0.3) is 0 Å². The minimum absolute atomic E-state index is 0.729. The molecule has 2 aliphatic rings. The maximum absolute atomic E-state index is 3.75. The van der Waals surface area contributed by atoms with Gasteiger partial charge in [-0.2, -0.15) is 0 Å². The van der Waals surface area contributed by atoms with E-state index < -0.39 is 0 Å². The van der Waals surface area contributed by atoms with E-state index in [1.807, 2.05) is 0 Å². The van der Waals surface area contributed by atoms with Crippen molar-refractivity contribution in [3.05, 3.63) is 0 Å². The number of likely N-dealkylation sites (tertiary alicyclic amines) is 1. The summed E-state index contributed by atoms with van der Waals surface area (Å²) >= 11 is 0. The van der Waals surface area contributed by atoms with E-state index >= 15 is 0 Å². The fraction of sp³-hybridized carbons (Fsp3) is 1.00. The van der Waals surface area contributed by atoms with E-state index in [2.05, 4.69) is 36.3 Å². The Morgan fingerprint density at radius 2 is 1.57 bits per heavy atom. The molecule has 1 saturated heterocycles. The lowest BCUT2D eigenvalue weighted by Crippen LogP contribution is -2.39. The van der Waals surface area contributed by atoms with Crippen molar-refractivity contribution in [1.82, 2.24) is 15.5 Å². The van der Waals surface area contributed by atoms with Gasteiger partial charge in [-0.05, 0) is 90.3 Å². The number of piperidine rings is 1. The first kappa shape index (κ1) is 19.2. The van der Waals surface area contributed by atoms with E-state index in [9.17, 15) is 0 Å². The molecule has 0 aromatic carbocycles. The van der Waals surface area contributed by atoms with Crippen LogP contribution < -0.4 is 10.6 Å². The molecule has 1 heterocycles. The topological polar surface area (TPSA) is 27.3 Å². The van der Waals surface area contributed by atoms with E-state index in [1.165, 1.54) is 71.0 Å². The van der Waals surface area contributed by atoms with Crippen LogP contribution in [-0.2, 0) is 0 Å². The Morgan fingerprint density at radius 1 is 0.870 bits per heavy atom. The van der Waals surface area contributed by atoms with Gasteiger partial charge in [-0.25, -0.2) is 0 Å². The summed E-state index contributed by atoms with van der Waals surface area (Å²) in [5.41, 5.74) is 0. The maximum Gasteiger partial charge on any atom is 0.00793 e. The van der Waals surface area contributed by atoms with Gasteiger partial charge in [0.05, 0.1) is 0 Å². The van der Waals surface area contributed by atoms with Crippen molar-refractivity contribution in [2.45, 2.75) is 84.2 Å². The van der Waals surface area contributed by atoms with E-state index in [1.54, 1.807) is 0 Å². The highest BCUT2D eigenvalue weighted by atomic mass is 15.1. The Kier molecular flexibility index (Phi) is 8.92. The minimum Gasteiger partial charge on any atom is -0.315 e. The van der Waals surface area contributed by atoms with Crippen molar-refractivity contribution < 1.29 is 0 Å². The van der Waals surface area contributed by atoms with Crippen LogP contribution in [0.25, 0.3) is 0 Å². The van der Waals surface area contributed by atoms with E-state index in [4.69, 9.17) is 0 Å². The summed E-state index contributed by atoms with van der Waals surface area (Å²) in [6.07, 6.45) is 11.2. The molecule has 1 saturated carbocycles. The highest BCUT2D eigenvalue weighted by Crippen LogP contribution is 2.26. The lowest BCUT2D eigenvalue weighted by molar-refractivity contribution is 0.145. The van der Waals surface area contributed by atoms with Crippen LogP contribution >= 0.6 is 0 Å². The summed E-state index contributed by atoms with van der Waals surface area (Å²) < 4.78 is 0. The average Bonchev–Trinajstić information content (AvgIpc) is 2.59. The second-order valence-electron chi connectivity index (χ2n) is 8.19. The van der Waals surface area contributed by atoms with Crippen molar-refractivity contribution in [2.75, 3.05) is 32.7 Å². The smallest absolute Gasteiger partial charge is 0.00793 e. The van der Waals surface area contributed by atoms with Gasteiger partial charge >= 0.3 is 0 Å². The zero-order valence-corrected chi connectivity index (χ0v) is 15.9. The fourth-order valence-corrected chi connectivity index (χ4v) is 4.33. The second kappa shape index (κ2) is 10.7.